The van der Waals surface area contributed by atoms with Crippen molar-refractivity contribution in [2.45, 2.75) is 18.7 Å². The number of hydrogen-bond donors (Lipinski definition) is 1. The van der Waals surface area contributed by atoms with E-state index in [0.717, 1.165) is 6.20 Å². The average molecular weight is 308 g/mol. The highest BCUT2D eigenvalue weighted by Gasteiger charge is 2.38. The molecule has 0 aliphatic carbocycles. The first-order chi connectivity index (χ1) is 8.73. The van der Waals surface area contributed by atoms with Crippen molar-refractivity contribution in [2.75, 3.05) is 0 Å². The zero-order valence-electron chi connectivity index (χ0n) is 9.70. The van der Waals surface area contributed by atoms with Gasteiger partial charge in [0.15, 0.2) is 5.01 Å². The quantitative estimate of drug-likeness (QED) is 0.907. The number of hydrogen-bond acceptors (Lipinski definition) is 3. The molecule has 0 aliphatic rings. The summed E-state index contributed by atoms with van der Waals surface area (Å²) in [4.78, 5) is 3.39. The van der Waals surface area contributed by atoms with Crippen molar-refractivity contribution in [3.63, 3.8) is 0 Å². The summed E-state index contributed by atoms with van der Waals surface area (Å²) in [6.07, 6.45) is -3.49. The highest BCUT2D eigenvalue weighted by atomic mass is 35.5. The van der Waals surface area contributed by atoms with Gasteiger partial charge in [-0.3, -0.25) is 0 Å². The maximum Gasteiger partial charge on any atom is 0.443 e. The Morgan fingerprint density at radius 3 is 2.42 bits per heavy atom. The summed E-state index contributed by atoms with van der Waals surface area (Å²) in [6.45, 7) is 1.39. The number of nitrogens with zero attached hydrogens (tertiary/aromatic N) is 1. The third kappa shape index (κ3) is 2.75. The van der Waals surface area contributed by atoms with Gasteiger partial charge >= 0.3 is 6.18 Å². The number of aliphatic hydroxyl groups is 1. The van der Waals surface area contributed by atoms with Gasteiger partial charge in [0.1, 0.15) is 5.60 Å². The van der Waals surface area contributed by atoms with E-state index in [2.05, 4.69) is 4.98 Å². The third-order valence-electron chi connectivity index (χ3n) is 2.63. The lowest BCUT2D eigenvalue weighted by Crippen LogP contribution is -2.21. The first kappa shape index (κ1) is 14.3. The molecule has 2 aromatic rings. The lowest BCUT2D eigenvalue weighted by atomic mass is 9.95. The van der Waals surface area contributed by atoms with Crippen LogP contribution in [-0.2, 0) is 11.8 Å². The van der Waals surface area contributed by atoms with Crippen LogP contribution in [0.15, 0.2) is 30.5 Å². The van der Waals surface area contributed by atoms with Gasteiger partial charge in [0.25, 0.3) is 0 Å². The van der Waals surface area contributed by atoms with Gasteiger partial charge in [0.2, 0.25) is 0 Å². The minimum atomic E-state index is -4.51. The van der Waals surface area contributed by atoms with Crippen molar-refractivity contribution in [3.8, 4) is 0 Å². The first-order valence-electron chi connectivity index (χ1n) is 5.24. The SMILES string of the molecule is CC(O)(c1cnc(C(F)(F)F)s1)c1ccccc1Cl. The van der Waals surface area contributed by atoms with Crippen molar-refractivity contribution in [1.29, 1.82) is 0 Å². The predicted octanol–water partition coefficient (Wildman–Crippen LogP) is 4.07. The second-order valence-corrected chi connectivity index (χ2v) is 5.52. The van der Waals surface area contributed by atoms with Gasteiger partial charge in [0, 0.05) is 16.8 Å². The van der Waals surface area contributed by atoms with Crippen LogP contribution < -0.4 is 0 Å². The molecule has 0 saturated carbocycles. The molecule has 0 radical (unpaired) electrons. The molecule has 1 aromatic heterocycles. The van der Waals surface area contributed by atoms with Crippen molar-refractivity contribution >= 4 is 22.9 Å². The third-order valence-corrected chi connectivity index (χ3v) is 4.21. The molecule has 0 aliphatic heterocycles. The molecule has 1 atom stereocenters. The van der Waals surface area contributed by atoms with Crippen molar-refractivity contribution in [3.05, 3.63) is 50.9 Å². The fraction of sp³-hybridized carbons (Fsp3) is 0.250. The standard InChI is InChI=1S/C12H9ClF3NOS/c1-11(18,7-4-2-3-5-8(7)13)9-6-17-10(19-9)12(14,15)16/h2-6,18H,1H3. The molecule has 19 heavy (non-hydrogen) atoms. The van der Waals surface area contributed by atoms with Crippen LogP contribution in [0.4, 0.5) is 13.2 Å². The Morgan fingerprint density at radius 1 is 1.26 bits per heavy atom. The van der Waals surface area contributed by atoms with E-state index < -0.39 is 16.8 Å². The highest BCUT2D eigenvalue weighted by molar-refractivity contribution is 7.11. The number of thiazole rings is 1. The van der Waals surface area contributed by atoms with Crippen LogP contribution in [-0.4, -0.2) is 10.1 Å². The summed E-state index contributed by atoms with van der Waals surface area (Å²) >= 11 is 6.36. The molecule has 7 heteroatoms. The topological polar surface area (TPSA) is 33.1 Å². The number of halogens is 4. The van der Waals surface area contributed by atoms with Crippen molar-refractivity contribution < 1.29 is 18.3 Å². The van der Waals surface area contributed by atoms with Gasteiger partial charge in [-0.1, -0.05) is 29.8 Å². The average Bonchev–Trinajstić information content (AvgIpc) is 2.78. The number of rotatable bonds is 2. The van der Waals surface area contributed by atoms with E-state index in [1.54, 1.807) is 24.3 Å². The van der Waals surface area contributed by atoms with E-state index in [4.69, 9.17) is 11.6 Å². The molecule has 1 N–H and O–H groups in total. The minimum Gasteiger partial charge on any atom is -0.380 e. The summed E-state index contributed by atoms with van der Waals surface area (Å²) in [6, 6.07) is 6.46. The molecule has 0 amide bonds. The Morgan fingerprint density at radius 2 is 1.89 bits per heavy atom. The molecule has 102 valence electrons. The van der Waals surface area contributed by atoms with Gasteiger partial charge in [-0.15, -0.1) is 11.3 Å². The van der Waals surface area contributed by atoms with Gasteiger partial charge in [-0.25, -0.2) is 4.98 Å². The molecule has 0 spiro atoms. The molecule has 0 saturated heterocycles. The van der Waals surface area contributed by atoms with Gasteiger partial charge in [0.05, 0.1) is 4.88 Å². The molecule has 2 rings (SSSR count). The Bertz CT molecular complexity index is 595. The zero-order valence-corrected chi connectivity index (χ0v) is 11.3. The maximum atomic E-state index is 12.5. The Labute approximate surface area is 116 Å². The Balaban J connectivity index is 2.46. The lowest BCUT2D eigenvalue weighted by Gasteiger charge is -2.23. The molecule has 1 heterocycles. The van der Waals surface area contributed by atoms with Crippen LogP contribution in [0.2, 0.25) is 5.02 Å². The first-order valence-corrected chi connectivity index (χ1v) is 6.43. The number of alkyl halides is 3. The highest BCUT2D eigenvalue weighted by Crippen LogP contribution is 2.40. The van der Waals surface area contributed by atoms with Gasteiger partial charge in [-0.2, -0.15) is 13.2 Å². The monoisotopic (exact) mass is 307 g/mol. The van der Waals surface area contributed by atoms with Gasteiger partial charge < -0.3 is 5.11 Å². The number of benzene rings is 1. The molecular weight excluding hydrogens is 299 g/mol. The largest absolute Gasteiger partial charge is 0.443 e. The summed E-state index contributed by atoms with van der Waals surface area (Å²) in [5.41, 5.74) is -1.27. The normalized spacial score (nSPS) is 15.3. The second kappa shape index (κ2) is 4.77. The zero-order chi connectivity index (χ0) is 14.3. The molecular formula is C12H9ClF3NOS. The van der Waals surface area contributed by atoms with Crippen LogP contribution in [0.5, 0.6) is 0 Å². The van der Waals surface area contributed by atoms with Crippen LogP contribution in [0.3, 0.4) is 0 Å². The minimum absolute atomic E-state index is 0.0907. The van der Waals surface area contributed by atoms with Crippen molar-refractivity contribution in [1.82, 2.24) is 4.98 Å². The van der Waals surface area contributed by atoms with Crippen LogP contribution in [0.1, 0.15) is 22.4 Å². The van der Waals surface area contributed by atoms with E-state index in [-0.39, 0.29) is 9.90 Å². The molecule has 0 fully saturated rings. The summed E-state index contributed by atoms with van der Waals surface area (Å²) in [7, 11) is 0. The van der Waals surface area contributed by atoms with Gasteiger partial charge in [-0.05, 0) is 13.0 Å². The summed E-state index contributed by atoms with van der Waals surface area (Å²) in [5.74, 6) is 0. The molecule has 0 bridgehead atoms. The van der Waals surface area contributed by atoms with Crippen LogP contribution in [0, 0.1) is 0 Å². The summed E-state index contributed by atoms with van der Waals surface area (Å²) in [5, 5.41) is 9.73. The van der Waals surface area contributed by atoms with Crippen molar-refractivity contribution in [2.24, 2.45) is 0 Å². The maximum absolute atomic E-state index is 12.5. The van der Waals surface area contributed by atoms with E-state index in [0.29, 0.717) is 16.9 Å². The van der Waals surface area contributed by atoms with E-state index in [1.165, 1.54) is 6.92 Å². The fourth-order valence-corrected chi connectivity index (χ4v) is 2.78. The van der Waals surface area contributed by atoms with E-state index in [1.807, 2.05) is 0 Å². The van der Waals surface area contributed by atoms with E-state index >= 15 is 0 Å². The predicted molar refractivity (Wildman–Crippen MR) is 67.2 cm³/mol. The molecule has 1 unspecified atom stereocenters. The lowest BCUT2D eigenvalue weighted by molar-refractivity contribution is -0.137. The molecule has 1 aromatic carbocycles. The van der Waals surface area contributed by atoms with Crippen LogP contribution in [0.25, 0.3) is 0 Å². The fourth-order valence-electron chi connectivity index (χ4n) is 1.62. The molecule has 2 nitrogen and oxygen atoms in total. The smallest absolute Gasteiger partial charge is 0.380 e. The summed E-state index contributed by atoms with van der Waals surface area (Å²) < 4.78 is 37.5. The second-order valence-electron chi connectivity index (χ2n) is 4.08. The number of aromatic nitrogens is 1. The van der Waals surface area contributed by atoms with Crippen LogP contribution >= 0.6 is 22.9 Å². The Kier molecular flexibility index (Phi) is 3.59. The van der Waals surface area contributed by atoms with E-state index in [9.17, 15) is 18.3 Å². The Hall–Kier alpha value is -1.11.